The minimum Gasteiger partial charge on any atom is -0.342 e. The third kappa shape index (κ3) is 1.33. The van der Waals surface area contributed by atoms with Crippen LogP contribution in [0.4, 0.5) is 0 Å². The Hall–Kier alpha value is -1.90. The van der Waals surface area contributed by atoms with Crippen molar-refractivity contribution < 1.29 is 4.79 Å². The van der Waals surface area contributed by atoms with Gasteiger partial charge in [0.1, 0.15) is 5.82 Å². The van der Waals surface area contributed by atoms with E-state index in [9.17, 15) is 4.79 Å². The number of carbonyl (C=O) groups is 1. The molecule has 3 heteroatoms. The highest BCUT2D eigenvalue weighted by Gasteiger charge is 2.04. The lowest BCUT2D eigenvalue weighted by molar-refractivity contribution is 0.104. The summed E-state index contributed by atoms with van der Waals surface area (Å²) in [5.41, 5.74) is 2.40. The van der Waals surface area contributed by atoms with Gasteiger partial charge in [0.2, 0.25) is 0 Å². The summed E-state index contributed by atoms with van der Waals surface area (Å²) >= 11 is 0. The van der Waals surface area contributed by atoms with E-state index >= 15 is 0 Å². The Labute approximate surface area is 81.5 Å². The van der Waals surface area contributed by atoms with Crippen molar-refractivity contribution >= 4 is 16.8 Å². The number of H-pyrrole nitrogens is 1. The summed E-state index contributed by atoms with van der Waals surface area (Å²) in [6.45, 7) is 5.33. The fraction of sp³-hybridized carbons (Fsp3) is 0.0909. The number of aromatic nitrogens is 2. The molecule has 0 atom stereocenters. The summed E-state index contributed by atoms with van der Waals surface area (Å²) in [7, 11) is 0. The van der Waals surface area contributed by atoms with Crippen molar-refractivity contribution in [2.24, 2.45) is 0 Å². The summed E-state index contributed by atoms with van der Waals surface area (Å²) in [5, 5.41) is 0. The Kier molecular flexibility index (Phi) is 1.93. The van der Waals surface area contributed by atoms with Crippen molar-refractivity contribution in [2.45, 2.75) is 6.92 Å². The van der Waals surface area contributed by atoms with Crippen LogP contribution in [-0.2, 0) is 0 Å². The van der Waals surface area contributed by atoms with E-state index in [0.29, 0.717) is 5.56 Å². The molecule has 3 nitrogen and oxygen atoms in total. The van der Waals surface area contributed by atoms with E-state index in [2.05, 4.69) is 16.5 Å². The Bertz CT molecular complexity index is 511. The third-order valence-corrected chi connectivity index (χ3v) is 2.07. The van der Waals surface area contributed by atoms with Gasteiger partial charge in [-0.3, -0.25) is 4.79 Å². The van der Waals surface area contributed by atoms with Crippen LogP contribution in [0.5, 0.6) is 0 Å². The zero-order valence-electron chi connectivity index (χ0n) is 7.87. The predicted octanol–water partition coefficient (Wildman–Crippen LogP) is 2.24. The van der Waals surface area contributed by atoms with Gasteiger partial charge in [0.15, 0.2) is 5.78 Å². The van der Waals surface area contributed by atoms with E-state index in [0.717, 1.165) is 16.9 Å². The van der Waals surface area contributed by atoms with Crippen LogP contribution in [0.1, 0.15) is 16.2 Å². The van der Waals surface area contributed by atoms with Crippen LogP contribution < -0.4 is 0 Å². The lowest BCUT2D eigenvalue weighted by Crippen LogP contribution is -1.92. The van der Waals surface area contributed by atoms with Gasteiger partial charge in [0.25, 0.3) is 0 Å². The molecule has 1 aromatic carbocycles. The zero-order valence-corrected chi connectivity index (χ0v) is 7.87. The second-order valence-corrected chi connectivity index (χ2v) is 3.12. The first kappa shape index (κ1) is 8.69. The number of hydrogen-bond acceptors (Lipinski definition) is 2. The maximum atomic E-state index is 11.3. The van der Waals surface area contributed by atoms with Gasteiger partial charge in [0, 0.05) is 5.56 Å². The average Bonchev–Trinajstić information content (AvgIpc) is 2.55. The molecule has 1 heterocycles. The van der Waals surface area contributed by atoms with Crippen LogP contribution in [0.15, 0.2) is 30.9 Å². The highest BCUT2D eigenvalue weighted by molar-refractivity contribution is 6.05. The second-order valence-electron chi connectivity index (χ2n) is 3.12. The van der Waals surface area contributed by atoms with E-state index in [1.54, 1.807) is 12.1 Å². The number of carbonyl (C=O) groups excluding carboxylic acids is 1. The fourth-order valence-corrected chi connectivity index (χ4v) is 1.41. The summed E-state index contributed by atoms with van der Waals surface area (Å²) in [6, 6.07) is 5.38. The van der Waals surface area contributed by atoms with Crippen LogP contribution in [0.2, 0.25) is 0 Å². The quantitative estimate of drug-likeness (QED) is 0.577. The molecule has 14 heavy (non-hydrogen) atoms. The molecule has 0 saturated carbocycles. The van der Waals surface area contributed by atoms with Gasteiger partial charge >= 0.3 is 0 Å². The molecule has 0 unspecified atom stereocenters. The van der Waals surface area contributed by atoms with Gasteiger partial charge < -0.3 is 4.98 Å². The van der Waals surface area contributed by atoms with Crippen molar-refractivity contribution in [3.63, 3.8) is 0 Å². The molecule has 0 spiro atoms. The molecule has 2 aromatic rings. The lowest BCUT2D eigenvalue weighted by atomic mass is 10.1. The number of aromatic amines is 1. The van der Waals surface area contributed by atoms with E-state index in [4.69, 9.17) is 0 Å². The molecule has 2 rings (SSSR count). The van der Waals surface area contributed by atoms with Crippen molar-refractivity contribution in [1.82, 2.24) is 9.97 Å². The van der Waals surface area contributed by atoms with Gasteiger partial charge in [-0.1, -0.05) is 6.58 Å². The molecule has 0 aliphatic heterocycles. The average molecular weight is 186 g/mol. The van der Waals surface area contributed by atoms with Crippen LogP contribution in [0.25, 0.3) is 11.0 Å². The fourth-order valence-electron chi connectivity index (χ4n) is 1.41. The Balaban J connectivity index is 2.61. The Morgan fingerprint density at radius 2 is 2.36 bits per heavy atom. The number of allylic oxidation sites excluding steroid dienone is 1. The predicted molar refractivity (Wildman–Crippen MR) is 55.4 cm³/mol. The molecule has 0 fully saturated rings. The first-order valence-corrected chi connectivity index (χ1v) is 4.34. The number of aryl methyl sites for hydroxylation is 1. The van der Waals surface area contributed by atoms with E-state index in [1.807, 2.05) is 13.0 Å². The maximum Gasteiger partial charge on any atom is 0.185 e. The summed E-state index contributed by atoms with van der Waals surface area (Å²) in [6.07, 6.45) is 1.31. The van der Waals surface area contributed by atoms with Gasteiger partial charge in [-0.15, -0.1) is 0 Å². The Morgan fingerprint density at radius 3 is 3.07 bits per heavy atom. The number of hydrogen-bond donors (Lipinski definition) is 1. The SMILES string of the molecule is C=CC(=O)c1ccc2nc(C)[nH]c2c1. The van der Waals surface area contributed by atoms with Crippen molar-refractivity contribution in [1.29, 1.82) is 0 Å². The van der Waals surface area contributed by atoms with Crippen molar-refractivity contribution in [3.05, 3.63) is 42.2 Å². The lowest BCUT2D eigenvalue weighted by Gasteiger charge is -1.94. The molecule has 0 bridgehead atoms. The maximum absolute atomic E-state index is 11.3. The highest BCUT2D eigenvalue weighted by atomic mass is 16.1. The van der Waals surface area contributed by atoms with Gasteiger partial charge in [-0.2, -0.15) is 0 Å². The van der Waals surface area contributed by atoms with E-state index < -0.39 is 0 Å². The Morgan fingerprint density at radius 1 is 1.57 bits per heavy atom. The molecule has 0 saturated heterocycles. The zero-order chi connectivity index (χ0) is 10.1. The summed E-state index contributed by atoms with van der Waals surface area (Å²) in [5.74, 6) is 0.780. The third-order valence-electron chi connectivity index (χ3n) is 2.07. The van der Waals surface area contributed by atoms with Gasteiger partial charge in [-0.05, 0) is 31.2 Å². The molecule has 0 radical (unpaired) electrons. The topological polar surface area (TPSA) is 45.8 Å². The molecule has 0 amide bonds. The molecular weight excluding hydrogens is 176 g/mol. The largest absolute Gasteiger partial charge is 0.342 e. The van der Waals surface area contributed by atoms with Gasteiger partial charge in [0.05, 0.1) is 11.0 Å². The first-order chi connectivity index (χ1) is 6.70. The standard InChI is InChI=1S/C11H10N2O/c1-3-11(14)8-4-5-9-10(6-8)13-7(2)12-9/h3-6H,1H2,2H3,(H,12,13). The minimum atomic E-state index is -0.0702. The minimum absolute atomic E-state index is 0.0702. The number of rotatable bonds is 2. The second kappa shape index (κ2) is 3.10. The normalized spacial score (nSPS) is 10.4. The summed E-state index contributed by atoms with van der Waals surface area (Å²) < 4.78 is 0. The van der Waals surface area contributed by atoms with E-state index in [-0.39, 0.29) is 5.78 Å². The van der Waals surface area contributed by atoms with Crippen LogP contribution in [0.3, 0.4) is 0 Å². The first-order valence-electron chi connectivity index (χ1n) is 4.34. The number of nitrogens with one attached hydrogen (secondary N) is 1. The van der Waals surface area contributed by atoms with Crippen LogP contribution in [-0.4, -0.2) is 15.8 Å². The number of fused-ring (bicyclic) bond motifs is 1. The number of nitrogens with zero attached hydrogens (tertiary/aromatic N) is 1. The highest BCUT2D eigenvalue weighted by Crippen LogP contribution is 2.13. The molecule has 70 valence electrons. The van der Waals surface area contributed by atoms with E-state index in [1.165, 1.54) is 6.08 Å². The number of benzene rings is 1. The smallest absolute Gasteiger partial charge is 0.185 e. The molecule has 1 aromatic heterocycles. The molecular formula is C11H10N2O. The van der Waals surface area contributed by atoms with Crippen molar-refractivity contribution in [3.8, 4) is 0 Å². The molecule has 1 N–H and O–H groups in total. The monoisotopic (exact) mass is 186 g/mol. The molecule has 0 aliphatic carbocycles. The number of imidazole rings is 1. The van der Waals surface area contributed by atoms with Crippen molar-refractivity contribution in [2.75, 3.05) is 0 Å². The summed E-state index contributed by atoms with van der Waals surface area (Å²) in [4.78, 5) is 18.6. The van der Waals surface area contributed by atoms with Gasteiger partial charge in [-0.25, -0.2) is 4.98 Å². The number of ketones is 1. The van der Waals surface area contributed by atoms with Crippen LogP contribution in [0, 0.1) is 6.92 Å². The van der Waals surface area contributed by atoms with Crippen LogP contribution >= 0.6 is 0 Å². The molecule has 0 aliphatic rings.